The lowest BCUT2D eigenvalue weighted by atomic mass is 10.00. The van der Waals surface area contributed by atoms with E-state index >= 15 is 0 Å². The smallest absolute Gasteiger partial charge is 0.0915 e. The number of piperazine rings is 1. The highest BCUT2D eigenvalue weighted by atomic mass is 16.3. The van der Waals surface area contributed by atoms with Gasteiger partial charge in [-0.3, -0.25) is 4.90 Å². The molecular weight excluding hydrogens is 322 g/mol. The SMILES string of the molecule is CN1CCN(C[C@H](O)[C@H](c2ccccc2)n2ccc3ccccc32)CC1. The van der Waals surface area contributed by atoms with Gasteiger partial charge in [0, 0.05) is 44.4 Å². The van der Waals surface area contributed by atoms with Gasteiger partial charge in [0.2, 0.25) is 0 Å². The number of β-amino-alcohol motifs (C(OH)–C–C–N with tert-alkyl or cyclic N) is 1. The highest BCUT2D eigenvalue weighted by Crippen LogP contribution is 2.28. The van der Waals surface area contributed by atoms with E-state index in [0.29, 0.717) is 6.54 Å². The second kappa shape index (κ2) is 7.62. The van der Waals surface area contributed by atoms with Crippen LogP contribution in [0.1, 0.15) is 11.6 Å². The zero-order chi connectivity index (χ0) is 17.9. The number of aliphatic hydroxyl groups excluding tert-OH is 1. The standard InChI is InChI=1S/C22H27N3O/c1-23-13-15-24(16-14-23)17-21(26)22(19-8-3-2-4-9-19)25-12-11-18-7-5-6-10-20(18)25/h2-12,21-22,26H,13-17H2,1H3/t21-,22-/m0/s1. The molecule has 0 spiro atoms. The maximum atomic E-state index is 11.2. The molecule has 1 aromatic heterocycles. The van der Waals surface area contributed by atoms with E-state index in [0.717, 1.165) is 31.7 Å². The third-order valence-corrected chi connectivity index (χ3v) is 5.48. The lowest BCUT2D eigenvalue weighted by molar-refractivity contribution is 0.0594. The molecule has 4 nitrogen and oxygen atoms in total. The van der Waals surface area contributed by atoms with Crippen molar-refractivity contribution in [2.75, 3.05) is 39.8 Å². The van der Waals surface area contributed by atoms with Crippen LogP contribution in [0.5, 0.6) is 0 Å². The summed E-state index contributed by atoms with van der Waals surface area (Å²) in [5.74, 6) is 0. The Bertz CT molecular complexity index is 837. The van der Waals surface area contributed by atoms with Gasteiger partial charge in [0.05, 0.1) is 12.1 Å². The second-order valence-corrected chi connectivity index (χ2v) is 7.31. The van der Waals surface area contributed by atoms with Gasteiger partial charge in [-0.2, -0.15) is 0 Å². The normalized spacial score (nSPS) is 18.8. The summed E-state index contributed by atoms with van der Waals surface area (Å²) < 4.78 is 2.23. The van der Waals surface area contributed by atoms with Crippen LogP contribution in [0.2, 0.25) is 0 Å². The van der Waals surface area contributed by atoms with E-state index < -0.39 is 6.10 Å². The van der Waals surface area contributed by atoms with E-state index in [2.05, 4.69) is 82.2 Å². The third-order valence-electron chi connectivity index (χ3n) is 5.48. The van der Waals surface area contributed by atoms with Gasteiger partial charge >= 0.3 is 0 Å². The minimum atomic E-state index is -0.461. The summed E-state index contributed by atoms with van der Waals surface area (Å²) in [4.78, 5) is 4.73. The van der Waals surface area contributed by atoms with Gasteiger partial charge in [-0.15, -0.1) is 0 Å². The Kier molecular flexibility index (Phi) is 5.07. The summed E-state index contributed by atoms with van der Waals surface area (Å²) >= 11 is 0. The van der Waals surface area contributed by atoms with Crippen molar-refractivity contribution in [1.29, 1.82) is 0 Å². The molecule has 0 aliphatic carbocycles. The van der Waals surface area contributed by atoms with Gasteiger partial charge in [-0.1, -0.05) is 48.5 Å². The molecule has 0 radical (unpaired) electrons. The number of hydrogen-bond donors (Lipinski definition) is 1. The Hall–Kier alpha value is -2.14. The molecule has 2 atom stereocenters. The molecule has 4 rings (SSSR count). The molecule has 4 heteroatoms. The molecule has 1 fully saturated rings. The van der Waals surface area contributed by atoms with Crippen molar-refractivity contribution >= 4 is 10.9 Å². The number of aliphatic hydroxyl groups is 1. The number of aromatic nitrogens is 1. The summed E-state index contributed by atoms with van der Waals surface area (Å²) in [6.07, 6.45) is 1.65. The summed E-state index contributed by atoms with van der Waals surface area (Å²) in [7, 11) is 2.16. The number of nitrogens with zero attached hydrogens (tertiary/aromatic N) is 3. The van der Waals surface area contributed by atoms with Crippen LogP contribution in [0.4, 0.5) is 0 Å². The Morgan fingerprint density at radius 3 is 2.35 bits per heavy atom. The van der Waals surface area contributed by atoms with E-state index in [1.165, 1.54) is 10.9 Å². The number of para-hydroxylation sites is 1. The first-order valence-corrected chi connectivity index (χ1v) is 9.42. The highest BCUT2D eigenvalue weighted by Gasteiger charge is 2.27. The highest BCUT2D eigenvalue weighted by molar-refractivity contribution is 5.80. The van der Waals surface area contributed by atoms with Crippen LogP contribution in [0.15, 0.2) is 66.9 Å². The quantitative estimate of drug-likeness (QED) is 0.769. The van der Waals surface area contributed by atoms with Crippen LogP contribution in [0.3, 0.4) is 0 Å². The lowest BCUT2D eigenvalue weighted by Crippen LogP contribution is -2.48. The van der Waals surface area contributed by atoms with Crippen LogP contribution in [0.25, 0.3) is 10.9 Å². The molecule has 1 aliphatic heterocycles. The van der Waals surface area contributed by atoms with Crippen LogP contribution >= 0.6 is 0 Å². The Morgan fingerprint density at radius 2 is 1.58 bits per heavy atom. The fraction of sp³-hybridized carbons (Fsp3) is 0.364. The molecule has 0 saturated carbocycles. The van der Waals surface area contributed by atoms with Crippen molar-refractivity contribution < 1.29 is 5.11 Å². The average Bonchev–Trinajstić information content (AvgIpc) is 3.09. The third kappa shape index (κ3) is 3.54. The molecule has 26 heavy (non-hydrogen) atoms. The second-order valence-electron chi connectivity index (χ2n) is 7.31. The van der Waals surface area contributed by atoms with Crippen LogP contribution in [-0.4, -0.2) is 65.3 Å². The van der Waals surface area contributed by atoms with Gasteiger partial charge in [0.15, 0.2) is 0 Å². The Labute approximate surface area is 155 Å². The molecule has 1 saturated heterocycles. The largest absolute Gasteiger partial charge is 0.389 e. The van der Waals surface area contributed by atoms with E-state index in [4.69, 9.17) is 0 Å². The molecule has 136 valence electrons. The number of benzene rings is 2. The van der Waals surface area contributed by atoms with Crippen LogP contribution < -0.4 is 0 Å². The van der Waals surface area contributed by atoms with E-state index in [-0.39, 0.29) is 6.04 Å². The number of fused-ring (bicyclic) bond motifs is 1. The Balaban J connectivity index is 1.65. The maximum absolute atomic E-state index is 11.2. The minimum Gasteiger partial charge on any atom is -0.389 e. The lowest BCUT2D eigenvalue weighted by Gasteiger charge is -2.36. The van der Waals surface area contributed by atoms with Crippen molar-refractivity contribution in [3.8, 4) is 0 Å². The van der Waals surface area contributed by atoms with Gasteiger partial charge < -0.3 is 14.6 Å². The Morgan fingerprint density at radius 1 is 0.885 bits per heavy atom. The summed E-state index contributed by atoms with van der Waals surface area (Å²) in [6, 6.07) is 20.8. The molecule has 2 aromatic carbocycles. The van der Waals surface area contributed by atoms with Crippen LogP contribution in [-0.2, 0) is 0 Å². The molecule has 2 heterocycles. The first-order chi connectivity index (χ1) is 12.7. The molecule has 3 aromatic rings. The van der Waals surface area contributed by atoms with Crippen molar-refractivity contribution in [1.82, 2.24) is 14.4 Å². The molecule has 0 unspecified atom stereocenters. The summed E-state index contributed by atoms with van der Waals surface area (Å²) in [5, 5.41) is 12.4. The maximum Gasteiger partial charge on any atom is 0.0915 e. The van der Waals surface area contributed by atoms with Crippen LogP contribution in [0, 0.1) is 0 Å². The molecule has 1 N–H and O–H groups in total. The molecule has 0 amide bonds. The van der Waals surface area contributed by atoms with E-state index in [1.54, 1.807) is 0 Å². The average molecular weight is 349 g/mol. The molecular formula is C22H27N3O. The fourth-order valence-corrected chi connectivity index (χ4v) is 3.96. The van der Waals surface area contributed by atoms with Gasteiger partial charge in [-0.05, 0) is 30.1 Å². The fourth-order valence-electron chi connectivity index (χ4n) is 3.96. The summed E-state index contributed by atoms with van der Waals surface area (Å²) in [5.41, 5.74) is 2.31. The number of rotatable bonds is 5. The first-order valence-electron chi connectivity index (χ1n) is 9.42. The summed E-state index contributed by atoms with van der Waals surface area (Å²) in [6.45, 7) is 4.85. The van der Waals surface area contributed by atoms with Gasteiger partial charge in [-0.25, -0.2) is 0 Å². The number of likely N-dealkylation sites (N-methyl/N-ethyl adjacent to an activating group) is 1. The van der Waals surface area contributed by atoms with Crippen molar-refractivity contribution in [3.05, 3.63) is 72.4 Å². The van der Waals surface area contributed by atoms with E-state index in [9.17, 15) is 5.11 Å². The topological polar surface area (TPSA) is 31.6 Å². The molecule has 0 bridgehead atoms. The minimum absolute atomic E-state index is 0.0873. The predicted molar refractivity (Wildman–Crippen MR) is 106 cm³/mol. The first kappa shape index (κ1) is 17.3. The van der Waals surface area contributed by atoms with Gasteiger partial charge in [0.1, 0.15) is 0 Å². The molecule has 1 aliphatic rings. The number of hydrogen-bond acceptors (Lipinski definition) is 3. The van der Waals surface area contributed by atoms with Crippen molar-refractivity contribution in [3.63, 3.8) is 0 Å². The predicted octanol–water partition coefficient (Wildman–Crippen LogP) is 2.84. The zero-order valence-electron chi connectivity index (χ0n) is 15.3. The van der Waals surface area contributed by atoms with E-state index in [1.807, 2.05) is 6.07 Å². The zero-order valence-corrected chi connectivity index (χ0v) is 15.3. The van der Waals surface area contributed by atoms with Gasteiger partial charge in [0.25, 0.3) is 0 Å². The van der Waals surface area contributed by atoms with Crippen molar-refractivity contribution in [2.24, 2.45) is 0 Å². The van der Waals surface area contributed by atoms with Crippen molar-refractivity contribution in [2.45, 2.75) is 12.1 Å². The monoisotopic (exact) mass is 349 g/mol.